The normalized spacial score (nSPS) is 21.6. The molecule has 0 saturated carbocycles. The van der Waals surface area contributed by atoms with Crippen LogP contribution in [0.2, 0.25) is 5.02 Å². The zero-order valence-corrected chi connectivity index (χ0v) is 10.4. The Morgan fingerprint density at radius 3 is 2.39 bits per heavy atom. The zero-order chi connectivity index (χ0) is 12.5. The molecule has 18 heavy (non-hydrogen) atoms. The van der Waals surface area contributed by atoms with Gasteiger partial charge in [0.05, 0.1) is 12.1 Å². The molecule has 1 heterocycles. The second-order valence-electron chi connectivity index (χ2n) is 4.37. The van der Waals surface area contributed by atoms with Crippen molar-refractivity contribution < 1.29 is 4.79 Å². The maximum Gasteiger partial charge on any atom is 0.181 e. The molecule has 90 valence electrons. The van der Waals surface area contributed by atoms with Crippen molar-refractivity contribution in [3.8, 4) is 0 Å². The van der Waals surface area contributed by atoms with E-state index in [1.807, 2.05) is 54.6 Å². The van der Waals surface area contributed by atoms with E-state index in [9.17, 15) is 4.79 Å². The molecule has 0 radical (unpaired) electrons. The number of hydrogen-bond acceptors (Lipinski definition) is 2. The van der Waals surface area contributed by atoms with Crippen LogP contribution in [-0.4, -0.2) is 11.8 Å². The Morgan fingerprint density at radius 2 is 1.67 bits per heavy atom. The van der Waals surface area contributed by atoms with Gasteiger partial charge in [-0.25, -0.2) is 0 Å². The molecule has 2 aromatic rings. The molecule has 0 spiro atoms. The summed E-state index contributed by atoms with van der Waals surface area (Å²) in [6, 6.07) is 16.9. The summed E-state index contributed by atoms with van der Waals surface area (Å²) in [5.41, 5.74) is 1.73. The first kappa shape index (κ1) is 11.5. The highest BCUT2D eigenvalue weighted by molar-refractivity contribution is 6.31. The first-order valence-corrected chi connectivity index (χ1v) is 6.25. The first-order chi connectivity index (χ1) is 8.77. The van der Waals surface area contributed by atoms with Crippen molar-refractivity contribution in [2.75, 3.05) is 0 Å². The molecule has 0 aliphatic carbocycles. The van der Waals surface area contributed by atoms with Gasteiger partial charge in [0.15, 0.2) is 5.78 Å². The van der Waals surface area contributed by atoms with Crippen molar-refractivity contribution in [2.45, 2.75) is 12.1 Å². The van der Waals surface area contributed by atoms with Gasteiger partial charge in [-0.2, -0.15) is 0 Å². The lowest BCUT2D eigenvalue weighted by atomic mass is 10.0. The highest BCUT2D eigenvalue weighted by atomic mass is 35.5. The average Bonchev–Trinajstić information content (AvgIpc) is 3.20. The Kier molecular flexibility index (Phi) is 2.90. The van der Waals surface area contributed by atoms with E-state index in [4.69, 9.17) is 11.6 Å². The molecular formula is C15H12ClNO. The van der Waals surface area contributed by atoms with Gasteiger partial charge in [-0.15, -0.1) is 0 Å². The Hall–Kier alpha value is -1.64. The van der Waals surface area contributed by atoms with E-state index in [1.165, 1.54) is 0 Å². The number of halogens is 1. The lowest BCUT2D eigenvalue weighted by molar-refractivity contribution is 0.0988. The van der Waals surface area contributed by atoms with Crippen molar-refractivity contribution in [3.05, 3.63) is 70.7 Å². The highest BCUT2D eigenvalue weighted by Crippen LogP contribution is 2.35. The lowest BCUT2D eigenvalue weighted by Gasteiger charge is -2.01. The van der Waals surface area contributed by atoms with Crippen LogP contribution in [0.1, 0.15) is 22.0 Å². The van der Waals surface area contributed by atoms with Gasteiger partial charge in [-0.05, 0) is 11.6 Å². The molecule has 2 nitrogen and oxygen atoms in total. The van der Waals surface area contributed by atoms with E-state index >= 15 is 0 Å². The lowest BCUT2D eigenvalue weighted by Crippen LogP contribution is -2.10. The van der Waals surface area contributed by atoms with E-state index < -0.39 is 0 Å². The van der Waals surface area contributed by atoms with Gasteiger partial charge in [0, 0.05) is 10.6 Å². The van der Waals surface area contributed by atoms with Crippen molar-refractivity contribution in [1.29, 1.82) is 0 Å². The largest absolute Gasteiger partial charge is 0.297 e. The Morgan fingerprint density at radius 1 is 1.00 bits per heavy atom. The van der Waals surface area contributed by atoms with Crippen LogP contribution in [0.5, 0.6) is 0 Å². The zero-order valence-electron chi connectivity index (χ0n) is 9.64. The van der Waals surface area contributed by atoms with Crippen LogP contribution in [0.15, 0.2) is 54.6 Å². The molecule has 1 fully saturated rings. The van der Waals surface area contributed by atoms with Crippen LogP contribution < -0.4 is 5.32 Å². The number of ketones is 1. The second-order valence-corrected chi connectivity index (χ2v) is 4.78. The highest BCUT2D eigenvalue weighted by Gasteiger charge is 2.44. The number of benzene rings is 2. The fraction of sp³-hybridized carbons (Fsp3) is 0.133. The number of rotatable bonds is 3. The van der Waals surface area contributed by atoms with Gasteiger partial charge >= 0.3 is 0 Å². The quantitative estimate of drug-likeness (QED) is 0.677. The summed E-state index contributed by atoms with van der Waals surface area (Å²) in [6.45, 7) is 0. The predicted octanol–water partition coefficient (Wildman–Crippen LogP) is 3.24. The number of carbonyl (C=O) groups is 1. The molecule has 1 aliphatic rings. The minimum Gasteiger partial charge on any atom is -0.297 e. The summed E-state index contributed by atoms with van der Waals surface area (Å²) in [6.07, 6.45) is 0. The topological polar surface area (TPSA) is 39.0 Å². The Bertz CT molecular complexity index is 582. The van der Waals surface area contributed by atoms with Gasteiger partial charge in [0.25, 0.3) is 0 Å². The molecule has 1 N–H and O–H groups in total. The number of hydrogen-bond donors (Lipinski definition) is 1. The van der Waals surface area contributed by atoms with Gasteiger partial charge in [0.2, 0.25) is 0 Å². The summed E-state index contributed by atoms with van der Waals surface area (Å²) in [5, 5.41) is 3.90. The molecule has 1 saturated heterocycles. The minimum absolute atomic E-state index is 0.0476. The van der Waals surface area contributed by atoms with Crippen molar-refractivity contribution in [3.63, 3.8) is 0 Å². The maximum atomic E-state index is 12.2. The monoisotopic (exact) mass is 257 g/mol. The minimum atomic E-state index is -0.146. The molecule has 2 aromatic carbocycles. The van der Waals surface area contributed by atoms with Gasteiger partial charge in [-0.1, -0.05) is 60.1 Å². The molecule has 3 heteroatoms. The van der Waals surface area contributed by atoms with Gasteiger partial charge < -0.3 is 0 Å². The molecule has 1 aliphatic heterocycles. The van der Waals surface area contributed by atoms with Crippen LogP contribution in [0.25, 0.3) is 0 Å². The van der Waals surface area contributed by atoms with E-state index in [2.05, 4.69) is 5.32 Å². The smallest absolute Gasteiger partial charge is 0.181 e. The van der Waals surface area contributed by atoms with Crippen molar-refractivity contribution in [2.24, 2.45) is 0 Å². The van der Waals surface area contributed by atoms with Crippen LogP contribution in [0.3, 0.4) is 0 Å². The van der Waals surface area contributed by atoms with Crippen LogP contribution in [-0.2, 0) is 0 Å². The van der Waals surface area contributed by atoms with E-state index in [1.54, 1.807) is 0 Å². The third-order valence-electron chi connectivity index (χ3n) is 3.16. The van der Waals surface area contributed by atoms with E-state index in [0.717, 1.165) is 11.1 Å². The predicted molar refractivity (Wildman–Crippen MR) is 71.9 cm³/mol. The standard InChI is InChI=1S/C15H12ClNO/c16-12-9-5-4-8-11(12)13-14(17-13)15(18)10-6-2-1-3-7-10/h1-9,13-14,17H/t13-,14+/m0/s1. The SMILES string of the molecule is O=C(c1ccccc1)[C@@H]1N[C@H]1c1ccccc1Cl. The van der Waals surface area contributed by atoms with Crippen LogP contribution >= 0.6 is 11.6 Å². The molecule has 0 unspecified atom stereocenters. The third kappa shape index (κ3) is 2.05. The third-order valence-corrected chi connectivity index (χ3v) is 3.51. The molecule has 0 amide bonds. The van der Waals surface area contributed by atoms with Gasteiger partial charge in [0.1, 0.15) is 0 Å². The van der Waals surface area contributed by atoms with E-state index in [0.29, 0.717) is 5.02 Å². The summed E-state index contributed by atoms with van der Waals surface area (Å²) in [7, 11) is 0. The summed E-state index contributed by atoms with van der Waals surface area (Å²) in [5.74, 6) is 0.125. The molecule has 3 rings (SSSR count). The first-order valence-electron chi connectivity index (χ1n) is 5.87. The fourth-order valence-corrected chi connectivity index (χ4v) is 2.40. The van der Waals surface area contributed by atoms with E-state index in [-0.39, 0.29) is 17.9 Å². The molecule has 0 aromatic heterocycles. The molecule has 2 atom stereocenters. The molecular weight excluding hydrogens is 246 g/mol. The van der Waals surface area contributed by atoms with Gasteiger partial charge in [-0.3, -0.25) is 10.1 Å². The average molecular weight is 258 g/mol. The summed E-state index contributed by atoms with van der Waals surface area (Å²) < 4.78 is 0. The molecule has 0 bridgehead atoms. The second kappa shape index (κ2) is 4.56. The van der Waals surface area contributed by atoms with Crippen molar-refractivity contribution in [1.82, 2.24) is 5.32 Å². The fourth-order valence-electron chi connectivity index (χ4n) is 2.14. The summed E-state index contributed by atoms with van der Waals surface area (Å²) in [4.78, 5) is 12.2. The maximum absolute atomic E-state index is 12.2. The number of Topliss-reactive ketones (excluding diaryl/α,β-unsaturated/α-hetero) is 1. The van der Waals surface area contributed by atoms with Crippen LogP contribution in [0, 0.1) is 0 Å². The number of carbonyl (C=O) groups excluding carboxylic acids is 1. The van der Waals surface area contributed by atoms with Crippen LogP contribution in [0.4, 0.5) is 0 Å². The Labute approximate surface area is 111 Å². The Balaban J connectivity index is 1.79. The summed E-state index contributed by atoms with van der Waals surface area (Å²) >= 11 is 6.12. The number of nitrogens with one attached hydrogen (secondary N) is 1. The van der Waals surface area contributed by atoms with Crippen molar-refractivity contribution >= 4 is 17.4 Å².